The third kappa shape index (κ3) is 3.41. The van der Waals surface area contributed by atoms with Crippen LogP contribution >= 0.6 is 11.3 Å². The molecule has 1 amide bonds. The van der Waals surface area contributed by atoms with Gasteiger partial charge in [0.1, 0.15) is 10.7 Å². The number of carbonyl (C=O) groups is 1. The molecule has 0 saturated heterocycles. The highest BCUT2D eigenvalue weighted by Gasteiger charge is 2.13. The van der Waals surface area contributed by atoms with Crippen LogP contribution in [-0.4, -0.2) is 15.8 Å². The van der Waals surface area contributed by atoms with Crippen LogP contribution in [0.3, 0.4) is 0 Å². The van der Waals surface area contributed by atoms with E-state index in [-0.39, 0.29) is 11.4 Å². The summed E-state index contributed by atoms with van der Waals surface area (Å²) >= 11 is 1.37. The van der Waals surface area contributed by atoms with Gasteiger partial charge in [0, 0.05) is 28.8 Å². The minimum atomic E-state index is -0.508. The molecule has 3 aromatic rings. The topological polar surface area (TPSA) is 85.1 Å². The van der Waals surface area contributed by atoms with E-state index in [1.807, 2.05) is 30.3 Å². The number of amides is 1. The number of anilines is 1. The zero-order valence-corrected chi connectivity index (χ0v) is 12.6. The van der Waals surface area contributed by atoms with Crippen molar-refractivity contribution >= 4 is 28.6 Å². The van der Waals surface area contributed by atoms with Crippen LogP contribution in [0.1, 0.15) is 10.5 Å². The predicted octanol–water partition coefficient (Wildman–Crippen LogP) is 3.97. The maximum Gasteiger partial charge on any atom is 0.275 e. The highest BCUT2D eigenvalue weighted by Crippen LogP contribution is 2.24. The highest BCUT2D eigenvalue weighted by molar-refractivity contribution is 7.13. The van der Waals surface area contributed by atoms with Gasteiger partial charge in [0.25, 0.3) is 11.6 Å². The predicted molar refractivity (Wildman–Crippen MR) is 88.6 cm³/mol. The summed E-state index contributed by atoms with van der Waals surface area (Å²) in [6, 6.07) is 15.3. The van der Waals surface area contributed by atoms with Crippen molar-refractivity contribution in [3.8, 4) is 10.6 Å². The van der Waals surface area contributed by atoms with E-state index >= 15 is 0 Å². The minimum Gasteiger partial charge on any atom is -0.320 e. The average molecular weight is 325 g/mol. The van der Waals surface area contributed by atoms with E-state index in [0.717, 1.165) is 10.6 Å². The second kappa shape index (κ2) is 6.37. The van der Waals surface area contributed by atoms with E-state index in [1.54, 1.807) is 11.4 Å². The molecule has 114 valence electrons. The average Bonchev–Trinajstić information content (AvgIpc) is 3.06. The van der Waals surface area contributed by atoms with Crippen LogP contribution in [-0.2, 0) is 0 Å². The van der Waals surface area contributed by atoms with Crippen LogP contribution < -0.4 is 5.32 Å². The molecule has 7 heteroatoms. The lowest BCUT2D eigenvalue weighted by Gasteiger charge is -2.02. The summed E-state index contributed by atoms with van der Waals surface area (Å²) in [7, 11) is 0. The van der Waals surface area contributed by atoms with E-state index in [4.69, 9.17) is 0 Å². The number of hydrogen-bond acceptors (Lipinski definition) is 5. The lowest BCUT2D eigenvalue weighted by atomic mass is 10.2. The Bertz CT molecular complexity index is 862. The Hall–Kier alpha value is -3.06. The lowest BCUT2D eigenvalue weighted by Crippen LogP contribution is -2.12. The number of hydrogen-bond donors (Lipinski definition) is 1. The molecule has 0 radical (unpaired) electrons. The van der Waals surface area contributed by atoms with Crippen molar-refractivity contribution in [1.82, 2.24) is 4.98 Å². The van der Waals surface area contributed by atoms with Gasteiger partial charge in [-0.25, -0.2) is 4.98 Å². The number of nitro groups is 1. The molecule has 0 saturated carbocycles. The minimum absolute atomic E-state index is 0.0777. The number of nitro benzene ring substituents is 1. The summed E-state index contributed by atoms with van der Waals surface area (Å²) in [5.41, 5.74) is 1.50. The van der Waals surface area contributed by atoms with Crippen molar-refractivity contribution in [2.75, 3.05) is 5.32 Å². The van der Waals surface area contributed by atoms with Gasteiger partial charge in [0.15, 0.2) is 0 Å². The Morgan fingerprint density at radius 3 is 2.65 bits per heavy atom. The lowest BCUT2D eigenvalue weighted by molar-refractivity contribution is -0.384. The first kappa shape index (κ1) is 14.9. The third-order valence-corrected chi connectivity index (χ3v) is 3.96. The highest BCUT2D eigenvalue weighted by atomic mass is 32.1. The molecule has 1 heterocycles. The quantitative estimate of drug-likeness (QED) is 0.581. The van der Waals surface area contributed by atoms with Crippen molar-refractivity contribution in [2.45, 2.75) is 0 Å². The van der Waals surface area contributed by atoms with Gasteiger partial charge in [-0.3, -0.25) is 14.9 Å². The first-order chi connectivity index (χ1) is 11.1. The van der Waals surface area contributed by atoms with Gasteiger partial charge in [-0.05, 0) is 6.07 Å². The molecule has 1 aromatic heterocycles. The summed E-state index contributed by atoms with van der Waals surface area (Å²) < 4.78 is 0. The number of carbonyl (C=O) groups excluding carboxylic acids is 1. The van der Waals surface area contributed by atoms with Gasteiger partial charge in [-0.15, -0.1) is 11.3 Å². The van der Waals surface area contributed by atoms with E-state index in [2.05, 4.69) is 10.3 Å². The van der Waals surface area contributed by atoms with Gasteiger partial charge < -0.3 is 5.32 Å². The molecular formula is C16H11N3O3S. The molecule has 0 unspecified atom stereocenters. The second-order valence-corrected chi connectivity index (χ2v) is 5.52. The van der Waals surface area contributed by atoms with Crippen LogP contribution in [0.2, 0.25) is 0 Å². The molecule has 0 fully saturated rings. The largest absolute Gasteiger partial charge is 0.320 e. The van der Waals surface area contributed by atoms with Gasteiger partial charge in [-0.2, -0.15) is 0 Å². The van der Waals surface area contributed by atoms with Crippen LogP contribution in [0.5, 0.6) is 0 Å². The molecule has 0 spiro atoms. The fourth-order valence-electron chi connectivity index (χ4n) is 1.98. The number of benzene rings is 2. The summed E-state index contributed by atoms with van der Waals surface area (Å²) in [6.07, 6.45) is 0. The number of rotatable bonds is 4. The summed E-state index contributed by atoms with van der Waals surface area (Å²) in [4.78, 5) is 26.8. The number of nitrogens with one attached hydrogen (secondary N) is 1. The maximum atomic E-state index is 12.2. The summed E-state index contributed by atoms with van der Waals surface area (Å²) in [5, 5.41) is 15.8. The first-order valence-corrected chi connectivity index (χ1v) is 7.58. The smallest absolute Gasteiger partial charge is 0.275 e. The van der Waals surface area contributed by atoms with Gasteiger partial charge in [0.05, 0.1) is 4.92 Å². The van der Waals surface area contributed by atoms with Crippen molar-refractivity contribution in [3.63, 3.8) is 0 Å². The molecule has 23 heavy (non-hydrogen) atoms. The zero-order valence-electron chi connectivity index (χ0n) is 11.8. The van der Waals surface area contributed by atoms with Crippen LogP contribution in [0.4, 0.5) is 11.4 Å². The van der Waals surface area contributed by atoms with Gasteiger partial charge >= 0.3 is 0 Å². The number of thiazole rings is 1. The molecule has 6 nitrogen and oxygen atoms in total. The molecule has 3 rings (SSSR count). The Morgan fingerprint density at radius 2 is 1.91 bits per heavy atom. The number of nitrogens with zero attached hydrogens (tertiary/aromatic N) is 2. The van der Waals surface area contributed by atoms with Crippen molar-refractivity contribution < 1.29 is 9.72 Å². The molecule has 0 aliphatic carbocycles. The zero-order chi connectivity index (χ0) is 16.2. The number of non-ortho nitro benzene ring substituents is 1. The van der Waals surface area contributed by atoms with E-state index in [0.29, 0.717) is 5.69 Å². The molecule has 1 N–H and O–H groups in total. The fourth-order valence-corrected chi connectivity index (χ4v) is 2.79. The van der Waals surface area contributed by atoms with Crippen molar-refractivity contribution in [2.24, 2.45) is 0 Å². The molecule has 0 bridgehead atoms. The van der Waals surface area contributed by atoms with Crippen molar-refractivity contribution in [3.05, 3.63) is 75.8 Å². The van der Waals surface area contributed by atoms with Crippen molar-refractivity contribution in [1.29, 1.82) is 0 Å². The van der Waals surface area contributed by atoms with Gasteiger partial charge in [-0.1, -0.05) is 36.4 Å². The second-order valence-electron chi connectivity index (χ2n) is 4.67. The summed E-state index contributed by atoms with van der Waals surface area (Å²) in [5.74, 6) is -0.399. The van der Waals surface area contributed by atoms with E-state index in [9.17, 15) is 14.9 Å². The maximum absolute atomic E-state index is 12.2. The number of aromatic nitrogens is 1. The SMILES string of the molecule is O=C(Nc1cccc([N+](=O)[O-])c1)c1csc(-c2ccccc2)n1. The fraction of sp³-hybridized carbons (Fsp3) is 0. The Morgan fingerprint density at radius 1 is 1.13 bits per heavy atom. The van der Waals surface area contributed by atoms with E-state index in [1.165, 1.54) is 29.5 Å². The first-order valence-electron chi connectivity index (χ1n) is 6.70. The Kier molecular flexibility index (Phi) is 4.11. The standard InChI is InChI=1S/C16H11N3O3S/c20-15(17-12-7-4-8-13(9-12)19(21)22)14-10-23-16(18-14)11-5-2-1-3-6-11/h1-10H,(H,17,20). The normalized spacial score (nSPS) is 10.3. The molecule has 0 aliphatic rings. The monoisotopic (exact) mass is 325 g/mol. The molecule has 0 aliphatic heterocycles. The van der Waals surface area contributed by atoms with Crippen LogP contribution in [0.15, 0.2) is 60.0 Å². The molecular weight excluding hydrogens is 314 g/mol. The van der Waals surface area contributed by atoms with E-state index < -0.39 is 10.8 Å². The van der Waals surface area contributed by atoms with Crippen LogP contribution in [0.25, 0.3) is 10.6 Å². The molecule has 2 aromatic carbocycles. The van der Waals surface area contributed by atoms with Crippen LogP contribution in [0, 0.1) is 10.1 Å². The Labute approximate surface area is 135 Å². The molecule has 0 atom stereocenters. The Balaban J connectivity index is 1.78. The summed E-state index contributed by atoms with van der Waals surface area (Å²) in [6.45, 7) is 0. The third-order valence-electron chi connectivity index (χ3n) is 3.07. The van der Waals surface area contributed by atoms with Gasteiger partial charge in [0.2, 0.25) is 0 Å².